The van der Waals surface area contributed by atoms with Crippen molar-refractivity contribution in [3.05, 3.63) is 28.8 Å². The van der Waals surface area contributed by atoms with Crippen molar-refractivity contribution in [2.45, 2.75) is 84.4 Å². The van der Waals surface area contributed by atoms with Crippen LogP contribution >= 0.6 is 0 Å². The SMILES string of the molecule is COc1c(CCB2OC3CC4CC(C4(C)C)[C@]3(C)O2)cc(F)c(F)c1C(=O)OC(C)(C)C. The Labute approximate surface area is 189 Å². The fraction of sp³-hybridized carbons (Fsp3) is 0.708. The number of hydrogen-bond acceptors (Lipinski definition) is 5. The maximum absolute atomic E-state index is 14.6. The summed E-state index contributed by atoms with van der Waals surface area (Å²) in [6.45, 7) is 11.7. The molecular weight excluding hydrogens is 417 g/mol. The van der Waals surface area contributed by atoms with Crippen molar-refractivity contribution >= 4 is 13.1 Å². The van der Waals surface area contributed by atoms with Crippen LogP contribution in [-0.4, -0.2) is 37.5 Å². The molecule has 1 aromatic rings. The van der Waals surface area contributed by atoms with Crippen molar-refractivity contribution in [3.63, 3.8) is 0 Å². The van der Waals surface area contributed by atoms with Crippen molar-refractivity contribution in [2.75, 3.05) is 7.11 Å². The lowest BCUT2D eigenvalue weighted by Crippen LogP contribution is -2.65. The van der Waals surface area contributed by atoms with Gasteiger partial charge in [-0.2, -0.15) is 0 Å². The summed E-state index contributed by atoms with van der Waals surface area (Å²) in [5.74, 6) is -2.26. The van der Waals surface area contributed by atoms with Gasteiger partial charge in [-0.05, 0) is 82.2 Å². The average molecular weight is 450 g/mol. The Morgan fingerprint density at radius 1 is 1.25 bits per heavy atom. The molecular formula is C24H33BF2O5. The van der Waals surface area contributed by atoms with Crippen LogP contribution in [0.3, 0.4) is 0 Å². The van der Waals surface area contributed by atoms with E-state index < -0.39 is 35.9 Å². The zero-order chi connectivity index (χ0) is 23.6. The second-order valence-electron chi connectivity index (χ2n) is 11.2. The molecule has 4 atom stereocenters. The molecule has 5 nitrogen and oxygen atoms in total. The maximum Gasteiger partial charge on any atom is 0.457 e. The summed E-state index contributed by atoms with van der Waals surface area (Å²) in [5.41, 5.74) is -1.08. The van der Waals surface area contributed by atoms with E-state index in [-0.39, 0.29) is 22.9 Å². The summed E-state index contributed by atoms with van der Waals surface area (Å²) in [4.78, 5) is 12.6. The monoisotopic (exact) mass is 450 g/mol. The molecule has 176 valence electrons. The molecule has 3 saturated carbocycles. The molecule has 3 aliphatic carbocycles. The van der Waals surface area contributed by atoms with E-state index in [0.717, 1.165) is 18.9 Å². The molecule has 0 N–H and O–H groups in total. The summed E-state index contributed by atoms with van der Waals surface area (Å²) in [7, 11) is 0.889. The van der Waals surface area contributed by atoms with Crippen LogP contribution in [0.4, 0.5) is 8.78 Å². The lowest BCUT2D eigenvalue weighted by Gasteiger charge is -2.64. The predicted octanol–water partition coefficient (Wildman–Crippen LogP) is 5.20. The Morgan fingerprint density at radius 2 is 1.94 bits per heavy atom. The first-order chi connectivity index (χ1) is 14.8. The summed E-state index contributed by atoms with van der Waals surface area (Å²) >= 11 is 0. The summed E-state index contributed by atoms with van der Waals surface area (Å²) in [6.07, 6.45) is 2.94. The van der Waals surface area contributed by atoms with E-state index >= 15 is 0 Å². The van der Waals surface area contributed by atoms with Gasteiger partial charge in [-0.3, -0.25) is 0 Å². The molecule has 0 amide bonds. The van der Waals surface area contributed by atoms with Crippen LogP contribution in [0.1, 0.15) is 70.3 Å². The third-order valence-corrected chi connectivity index (χ3v) is 7.71. The second kappa shape index (κ2) is 7.69. The smallest absolute Gasteiger partial charge is 0.457 e. The van der Waals surface area contributed by atoms with Gasteiger partial charge in [0.25, 0.3) is 0 Å². The first-order valence-electron chi connectivity index (χ1n) is 11.4. The lowest BCUT2D eigenvalue weighted by atomic mass is 9.43. The normalized spacial score (nSPS) is 30.5. The molecule has 1 aliphatic heterocycles. The zero-order valence-electron chi connectivity index (χ0n) is 20.0. The van der Waals surface area contributed by atoms with Crippen LogP contribution in [0.5, 0.6) is 5.75 Å². The Balaban J connectivity index is 1.52. The number of benzene rings is 1. The van der Waals surface area contributed by atoms with E-state index in [1.54, 1.807) is 20.8 Å². The molecule has 1 aromatic carbocycles. The van der Waals surface area contributed by atoms with Crippen LogP contribution < -0.4 is 4.74 Å². The van der Waals surface area contributed by atoms with E-state index in [9.17, 15) is 13.6 Å². The molecule has 0 spiro atoms. The van der Waals surface area contributed by atoms with Gasteiger partial charge in [-0.25, -0.2) is 13.6 Å². The molecule has 2 bridgehead atoms. The van der Waals surface area contributed by atoms with Gasteiger partial charge in [0.15, 0.2) is 11.6 Å². The molecule has 0 radical (unpaired) electrons. The molecule has 8 heteroatoms. The Morgan fingerprint density at radius 3 is 2.53 bits per heavy atom. The minimum absolute atomic E-state index is 0.0110. The molecule has 5 rings (SSSR count). The fourth-order valence-electron chi connectivity index (χ4n) is 5.94. The average Bonchev–Trinajstić information content (AvgIpc) is 3.02. The van der Waals surface area contributed by atoms with E-state index in [1.807, 2.05) is 0 Å². The Bertz CT molecular complexity index is 928. The highest BCUT2D eigenvalue weighted by molar-refractivity contribution is 6.45. The molecule has 3 unspecified atom stereocenters. The van der Waals surface area contributed by atoms with E-state index in [2.05, 4.69) is 20.8 Å². The van der Waals surface area contributed by atoms with Crippen molar-refractivity contribution in [3.8, 4) is 5.75 Å². The van der Waals surface area contributed by atoms with Crippen molar-refractivity contribution < 1.29 is 32.4 Å². The zero-order valence-corrected chi connectivity index (χ0v) is 20.0. The van der Waals surface area contributed by atoms with Crippen LogP contribution in [0.25, 0.3) is 0 Å². The van der Waals surface area contributed by atoms with Gasteiger partial charge in [0.2, 0.25) is 0 Å². The molecule has 0 aromatic heterocycles. The molecule has 4 aliphatic rings. The van der Waals surface area contributed by atoms with Gasteiger partial charge in [-0.15, -0.1) is 0 Å². The van der Waals surface area contributed by atoms with E-state index in [1.165, 1.54) is 7.11 Å². The topological polar surface area (TPSA) is 54.0 Å². The van der Waals surface area contributed by atoms with Crippen molar-refractivity contribution in [1.29, 1.82) is 0 Å². The molecule has 1 heterocycles. The minimum Gasteiger partial charge on any atom is -0.495 e. The van der Waals surface area contributed by atoms with Crippen LogP contribution in [0.2, 0.25) is 6.32 Å². The summed E-state index contributed by atoms with van der Waals surface area (Å²) in [6, 6.07) is 1.08. The van der Waals surface area contributed by atoms with Gasteiger partial charge in [0.1, 0.15) is 16.9 Å². The quantitative estimate of drug-likeness (QED) is 0.456. The molecule has 4 fully saturated rings. The summed E-state index contributed by atoms with van der Waals surface area (Å²) in [5, 5.41) is 0. The van der Waals surface area contributed by atoms with Crippen LogP contribution in [0, 0.1) is 28.9 Å². The number of aryl methyl sites for hydroxylation is 1. The largest absolute Gasteiger partial charge is 0.495 e. The molecule has 1 saturated heterocycles. The number of rotatable bonds is 5. The number of hydrogen-bond donors (Lipinski definition) is 0. The Hall–Kier alpha value is -1.67. The van der Waals surface area contributed by atoms with Crippen LogP contribution in [-0.2, 0) is 20.5 Å². The second-order valence-corrected chi connectivity index (χ2v) is 11.2. The van der Waals surface area contributed by atoms with Gasteiger partial charge >= 0.3 is 13.1 Å². The number of carbonyl (C=O) groups is 1. The first kappa shape index (κ1) is 23.5. The van der Waals surface area contributed by atoms with Crippen molar-refractivity contribution in [1.82, 2.24) is 0 Å². The number of halogens is 2. The highest BCUT2D eigenvalue weighted by Crippen LogP contribution is 2.65. The standard InChI is InChI=1S/C24H33BF2O5/c1-22(2,3)30-21(28)18-19(27)15(26)10-13(20(18)29-7)8-9-25-31-17-12-14-11-16(23(14,4)5)24(17,6)32-25/h10,14,16-17H,8-9,11-12H2,1-7H3/t14?,16?,17?,24-/m0/s1. The van der Waals surface area contributed by atoms with Crippen LogP contribution in [0.15, 0.2) is 6.07 Å². The maximum atomic E-state index is 14.6. The van der Waals surface area contributed by atoms with Crippen molar-refractivity contribution in [2.24, 2.45) is 17.3 Å². The fourth-order valence-corrected chi connectivity index (χ4v) is 5.94. The number of carbonyl (C=O) groups excluding carboxylic acids is 1. The van der Waals surface area contributed by atoms with E-state index in [0.29, 0.717) is 30.1 Å². The molecule has 32 heavy (non-hydrogen) atoms. The Kier molecular flexibility index (Phi) is 5.65. The minimum atomic E-state index is -1.27. The first-order valence-corrected chi connectivity index (χ1v) is 11.4. The number of ether oxygens (including phenoxy) is 2. The van der Waals surface area contributed by atoms with Gasteiger partial charge in [-0.1, -0.05) is 13.8 Å². The third kappa shape index (κ3) is 3.73. The highest BCUT2D eigenvalue weighted by atomic mass is 19.2. The number of methoxy groups -OCH3 is 1. The third-order valence-electron chi connectivity index (χ3n) is 7.71. The number of esters is 1. The lowest BCUT2D eigenvalue weighted by molar-refractivity contribution is -0.199. The predicted molar refractivity (Wildman–Crippen MR) is 117 cm³/mol. The van der Waals surface area contributed by atoms with E-state index in [4.69, 9.17) is 18.8 Å². The van der Waals surface area contributed by atoms with Gasteiger partial charge in [0, 0.05) is 0 Å². The van der Waals surface area contributed by atoms with Gasteiger partial charge in [0.05, 0.1) is 18.8 Å². The van der Waals surface area contributed by atoms with Gasteiger partial charge < -0.3 is 18.8 Å². The summed E-state index contributed by atoms with van der Waals surface area (Å²) < 4.78 is 52.2. The highest BCUT2D eigenvalue weighted by Gasteiger charge is 2.67.